The van der Waals surface area contributed by atoms with Crippen molar-refractivity contribution < 1.29 is 4.79 Å². The number of nitrogens with zero attached hydrogens (tertiary/aromatic N) is 1. The molecule has 2 heterocycles. The fraction of sp³-hybridized carbons (Fsp3) is 0.714. The molecule has 7 heteroatoms. The van der Waals surface area contributed by atoms with Crippen molar-refractivity contribution in [3.8, 4) is 0 Å². The minimum absolute atomic E-state index is 0.110. The van der Waals surface area contributed by atoms with E-state index in [2.05, 4.69) is 32.8 Å². The molecule has 0 spiro atoms. The first-order valence-corrected chi connectivity index (χ1v) is 8.02. The third-order valence-corrected chi connectivity index (χ3v) is 4.06. The van der Waals surface area contributed by atoms with E-state index in [1.165, 1.54) is 0 Å². The van der Waals surface area contributed by atoms with Crippen LogP contribution in [0.3, 0.4) is 0 Å². The van der Waals surface area contributed by atoms with Crippen molar-refractivity contribution in [2.75, 3.05) is 19.6 Å². The van der Waals surface area contributed by atoms with Gasteiger partial charge >= 0.3 is 0 Å². The van der Waals surface area contributed by atoms with Gasteiger partial charge in [-0.1, -0.05) is 25.4 Å². The van der Waals surface area contributed by atoms with E-state index in [0.717, 1.165) is 44.6 Å². The quantitative estimate of drug-likeness (QED) is 0.633. The second-order valence-electron chi connectivity index (χ2n) is 5.34. The summed E-state index contributed by atoms with van der Waals surface area (Å²) in [7, 11) is 0. The van der Waals surface area contributed by atoms with Gasteiger partial charge in [0.1, 0.15) is 0 Å². The molecule has 2 rings (SSSR count). The highest BCUT2D eigenvalue weighted by molar-refractivity contribution is 6.30. The van der Waals surface area contributed by atoms with E-state index in [4.69, 9.17) is 11.6 Å². The van der Waals surface area contributed by atoms with Gasteiger partial charge in [0.2, 0.25) is 0 Å². The lowest BCUT2D eigenvalue weighted by Crippen LogP contribution is -2.58. The Morgan fingerprint density at radius 3 is 2.90 bits per heavy atom. The largest absolute Gasteiger partial charge is 0.345 e. The Balaban J connectivity index is 1.98. The molecule has 1 saturated heterocycles. The molecule has 118 valence electrons. The number of piperidine rings is 1. The van der Waals surface area contributed by atoms with Crippen LogP contribution in [0.5, 0.6) is 0 Å². The summed E-state index contributed by atoms with van der Waals surface area (Å²) < 4.78 is 0. The Kier molecular flexibility index (Phi) is 6.02. The van der Waals surface area contributed by atoms with Crippen LogP contribution in [-0.2, 0) is 6.42 Å². The van der Waals surface area contributed by atoms with Crippen molar-refractivity contribution in [3.05, 3.63) is 16.7 Å². The van der Waals surface area contributed by atoms with Crippen LogP contribution in [0, 0.1) is 0 Å². The first kappa shape index (κ1) is 16.3. The SMILES string of the molecule is CCCN[C@@H]1CNCC[C@@H]1NC(=O)c1nc(Cl)c(CC)[nH]1. The van der Waals surface area contributed by atoms with Crippen molar-refractivity contribution in [2.45, 2.75) is 45.2 Å². The Labute approximate surface area is 130 Å². The molecule has 6 nitrogen and oxygen atoms in total. The maximum absolute atomic E-state index is 12.3. The zero-order valence-corrected chi connectivity index (χ0v) is 13.4. The summed E-state index contributed by atoms with van der Waals surface area (Å²) in [6.07, 6.45) is 2.71. The number of aryl methyl sites for hydroxylation is 1. The average Bonchev–Trinajstić information content (AvgIpc) is 2.87. The Hall–Kier alpha value is -1.11. The van der Waals surface area contributed by atoms with Gasteiger partial charge in [0.25, 0.3) is 5.91 Å². The first-order chi connectivity index (χ1) is 10.2. The number of hydrogen-bond acceptors (Lipinski definition) is 4. The van der Waals surface area contributed by atoms with Crippen molar-refractivity contribution >= 4 is 17.5 Å². The number of carbonyl (C=O) groups excluding carboxylic acids is 1. The van der Waals surface area contributed by atoms with Gasteiger partial charge in [0.05, 0.1) is 5.69 Å². The molecule has 0 aromatic carbocycles. The summed E-state index contributed by atoms with van der Waals surface area (Å²) in [6.45, 7) is 6.83. The molecule has 1 fully saturated rings. The molecular weight excluding hydrogens is 290 g/mol. The van der Waals surface area contributed by atoms with Crippen LogP contribution >= 0.6 is 11.6 Å². The Morgan fingerprint density at radius 1 is 1.43 bits per heavy atom. The number of amides is 1. The summed E-state index contributed by atoms with van der Waals surface area (Å²) in [5, 5.41) is 10.3. The highest BCUT2D eigenvalue weighted by Crippen LogP contribution is 2.13. The van der Waals surface area contributed by atoms with Gasteiger partial charge in [-0.2, -0.15) is 0 Å². The molecule has 1 amide bonds. The van der Waals surface area contributed by atoms with Crippen LogP contribution < -0.4 is 16.0 Å². The smallest absolute Gasteiger partial charge is 0.287 e. The molecule has 0 unspecified atom stereocenters. The van der Waals surface area contributed by atoms with Crippen molar-refractivity contribution in [2.24, 2.45) is 0 Å². The fourth-order valence-corrected chi connectivity index (χ4v) is 2.81. The molecule has 1 aromatic heterocycles. The van der Waals surface area contributed by atoms with E-state index in [0.29, 0.717) is 11.0 Å². The van der Waals surface area contributed by atoms with E-state index >= 15 is 0 Å². The van der Waals surface area contributed by atoms with Gasteiger partial charge in [-0.25, -0.2) is 4.98 Å². The molecule has 1 aromatic rings. The lowest BCUT2D eigenvalue weighted by Gasteiger charge is -2.33. The highest BCUT2D eigenvalue weighted by atomic mass is 35.5. The van der Waals surface area contributed by atoms with Crippen LogP contribution in [0.2, 0.25) is 5.15 Å². The molecule has 0 saturated carbocycles. The lowest BCUT2D eigenvalue weighted by atomic mass is 10.0. The number of halogens is 1. The molecule has 0 aliphatic carbocycles. The third-order valence-electron chi connectivity index (χ3n) is 3.75. The molecule has 1 aliphatic rings. The monoisotopic (exact) mass is 313 g/mol. The molecule has 0 radical (unpaired) electrons. The van der Waals surface area contributed by atoms with E-state index in [-0.39, 0.29) is 18.0 Å². The maximum atomic E-state index is 12.3. The summed E-state index contributed by atoms with van der Waals surface area (Å²) in [4.78, 5) is 19.4. The number of aromatic nitrogens is 2. The number of H-pyrrole nitrogens is 1. The number of hydrogen-bond donors (Lipinski definition) is 4. The number of carbonyl (C=O) groups is 1. The summed E-state index contributed by atoms with van der Waals surface area (Å²) in [5.41, 5.74) is 0.799. The van der Waals surface area contributed by atoms with Gasteiger partial charge in [-0.15, -0.1) is 0 Å². The van der Waals surface area contributed by atoms with Gasteiger partial charge in [0, 0.05) is 18.6 Å². The number of aromatic amines is 1. The van der Waals surface area contributed by atoms with E-state index in [1.807, 2.05) is 6.92 Å². The summed E-state index contributed by atoms with van der Waals surface area (Å²) in [6, 6.07) is 0.359. The molecule has 2 atom stereocenters. The van der Waals surface area contributed by atoms with Gasteiger partial charge in [-0.3, -0.25) is 4.79 Å². The topological polar surface area (TPSA) is 81.8 Å². The minimum Gasteiger partial charge on any atom is -0.345 e. The van der Waals surface area contributed by atoms with Gasteiger partial charge < -0.3 is 20.9 Å². The minimum atomic E-state index is -0.188. The van der Waals surface area contributed by atoms with Crippen LogP contribution in [-0.4, -0.2) is 47.6 Å². The lowest BCUT2D eigenvalue weighted by molar-refractivity contribution is 0.0908. The highest BCUT2D eigenvalue weighted by Gasteiger charge is 2.27. The predicted octanol–water partition coefficient (Wildman–Crippen LogP) is 1.09. The zero-order valence-electron chi connectivity index (χ0n) is 12.6. The standard InChI is InChI=1S/C14H24ClN5O/c1-3-6-17-11-8-16-7-5-10(11)19-14(21)13-18-9(4-2)12(15)20-13/h10-11,16-17H,3-8H2,1-2H3,(H,18,20)(H,19,21)/t10-,11+/m0/s1. The second kappa shape index (κ2) is 7.77. The van der Waals surface area contributed by atoms with Gasteiger partial charge in [0.15, 0.2) is 11.0 Å². The molecule has 21 heavy (non-hydrogen) atoms. The Bertz CT molecular complexity index is 476. The van der Waals surface area contributed by atoms with Gasteiger partial charge in [-0.05, 0) is 32.4 Å². The molecular formula is C14H24ClN5O. The van der Waals surface area contributed by atoms with E-state index < -0.39 is 0 Å². The molecule has 4 N–H and O–H groups in total. The first-order valence-electron chi connectivity index (χ1n) is 7.65. The second-order valence-corrected chi connectivity index (χ2v) is 5.70. The van der Waals surface area contributed by atoms with Crippen LogP contribution in [0.1, 0.15) is 43.0 Å². The predicted molar refractivity (Wildman–Crippen MR) is 83.8 cm³/mol. The molecule has 0 bridgehead atoms. The van der Waals surface area contributed by atoms with Crippen LogP contribution in [0.25, 0.3) is 0 Å². The summed E-state index contributed by atoms with van der Waals surface area (Å²) in [5.74, 6) is 0.108. The van der Waals surface area contributed by atoms with Crippen LogP contribution in [0.15, 0.2) is 0 Å². The van der Waals surface area contributed by atoms with Crippen LogP contribution in [0.4, 0.5) is 0 Å². The number of nitrogens with one attached hydrogen (secondary N) is 4. The van der Waals surface area contributed by atoms with E-state index in [1.54, 1.807) is 0 Å². The summed E-state index contributed by atoms with van der Waals surface area (Å²) >= 11 is 5.98. The number of imidazole rings is 1. The van der Waals surface area contributed by atoms with Crippen molar-refractivity contribution in [1.29, 1.82) is 0 Å². The third kappa shape index (κ3) is 4.18. The normalized spacial score (nSPS) is 22.2. The van der Waals surface area contributed by atoms with Crippen molar-refractivity contribution in [1.82, 2.24) is 25.9 Å². The number of rotatable bonds is 6. The fourth-order valence-electron chi connectivity index (χ4n) is 2.54. The van der Waals surface area contributed by atoms with E-state index in [9.17, 15) is 4.79 Å². The zero-order chi connectivity index (χ0) is 15.2. The van der Waals surface area contributed by atoms with Crippen molar-refractivity contribution in [3.63, 3.8) is 0 Å². The maximum Gasteiger partial charge on any atom is 0.287 e. The molecule has 1 aliphatic heterocycles. The average molecular weight is 314 g/mol. The Morgan fingerprint density at radius 2 is 2.24 bits per heavy atom.